The minimum atomic E-state index is -0.497. The minimum absolute atomic E-state index is 0.184. The van der Waals surface area contributed by atoms with Crippen LogP contribution in [0.2, 0.25) is 0 Å². The van der Waals surface area contributed by atoms with E-state index >= 15 is 0 Å². The van der Waals surface area contributed by atoms with Gasteiger partial charge in [0.2, 0.25) is 0 Å². The van der Waals surface area contributed by atoms with Crippen molar-refractivity contribution in [3.05, 3.63) is 83.2 Å². The molecular weight excluding hydrogens is 358 g/mol. The summed E-state index contributed by atoms with van der Waals surface area (Å²) in [6, 6.07) is 9.45. The number of rotatable bonds is 4. The molecule has 0 fully saturated rings. The number of carbonyl (C=O) groups is 3. The van der Waals surface area contributed by atoms with Gasteiger partial charge in [0.05, 0.1) is 11.1 Å². The van der Waals surface area contributed by atoms with Crippen molar-refractivity contribution in [3.8, 4) is 0 Å². The van der Waals surface area contributed by atoms with Crippen LogP contribution in [0, 0.1) is 0 Å². The molecule has 1 atom stereocenters. The molecule has 0 bridgehead atoms. The number of carbonyl (C=O) groups excluding carboxylic acids is 3. The highest BCUT2D eigenvalue weighted by Gasteiger charge is 2.37. The number of imide groups is 1. The van der Waals surface area contributed by atoms with Crippen molar-refractivity contribution in [3.63, 3.8) is 0 Å². The number of hydrogen-bond donors (Lipinski definition) is 1. The Hall–Kier alpha value is -3.58. The van der Waals surface area contributed by atoms with Crippen LogP contribution >= 0.6 is 0 Å². The maximum atomic E-state index is 12.8. The first-order valence-electron chi connectivity index (χ1n) is 8.75. The number of aromatic nitrogens is 1. The third kappa shape index (κ3) is 3.01. The van der Waals surface area contributed by atoms with E-state index in [1.165, 1.54) is 24.4 Å². The molecule has 0 saturated heterocycles. The first kappa shape index (κ1) is 17.8. The number of amides is 3. The lowest BCUT2D eigenvalue weighted by Crippen LogP contribution is -2.31. The van der Waals surface area contributed by atoms with Gasteiger partial charge in [-0.3, -0.25) is 14.4 Å². The van der Waals surface area contributed by atoms with Gasteiger partial charge in [-0.05, 0) is 42.8 Å². The monoisotopic (exact) mass is 375 g/mol. The molecule has 0 spiro atoms. The number of fused-ring (bicyclic) bond motifs is 1. The number of pyridine rings is 1. The number of methoxy groups -OCH3 is 1. The van der Waals surface area contributed by atoms with E-state index in [1.807, 2.05) is 12.2 Å². The lowest BCUT2D eigenvalue weighted by atomic mass is 10.0. The average Bonchev–Trinajstić information content (AvgIpc) is 2.99. The van der Waals surface area contributed by atoms with Gasteiger partial charge in [-0.2, -0.15) is 0 Å². The fourth-order valence-corrected chi connectivity index (χ4v) is 3.23. The van der Waals surface area contributed by atoms with E-state index in [9.17, 15) is 14.4 Å². The molecule has 1 aromatic heterocycles. The Labute approximate surface area is 161 Å². The Morgan fingerprint density at radius 2 is 2.00 bits per heavy atom. The molecule has 140 valence electrons. The quantitative estimate of drug-likeness (QED) is 0.830. The highest BCUT2D eigenvalue weighted by Crippen LogP contribution is 2.28. The van der Waals surface area contributed by atoms with Gasteiger partial charge < -0.3 is 10.1 Å². The minimum Gasteiger partial charge on any atom is -0.375 e. The van der Waals surface area contributed by atoms with Crippen LogP contribution in [-0.2, 0) is 4.74 Å². The molecule has 1 aliphatic heterocycles. The Balaban J connectivity index is 1.61. The number of hydrogen-bond acceptors (Lipinski definition) is 5. The number of anilines is 1. The Bertz CT molecular complexity index is 1030. The van der Waals surface area contributed by atoms with Gasteiger partial charge in [0.25, 0.3) is 17.7 Å². The first-order valence-corrected chi connectivity index (χ1v) is 8.75. The molecule has 1 N–H and O–H groups in total. The molecule has 1 aromatic carbocycles. The zero-order chi connectivity index (χ0) is 19.7. The normalized spacial score (nSPS) is 18.1. The summed E-state index contributed by atoms with van der Waals surface area (Å²) in [4.78, 5) is 43.1. The highest BCUT2D eigenvalue weighted by molar-refractivity contribution is 6.34. The largest absolute Gasteiger partial charge is 0.375 e. The fourth-order valence-electron chi connectivity index (χ4n) is 3.23. The molecular formula is C21H17N3O4. The van der Waals surface area contributed by atoms with Crippen LogP contribution in [0.4, 0.5) is 5.82 Å². The van der Waals surface area contributed by atoms with Crippen molar-refractivity contribution in [2.24, 2.45) is 0 Å². The Morgan fingerprint density at radius 3 is 2.75 bits per heavy atom. The number of nitrogens with one attached hydrogen (secondary N) is 1. The van der Waals surface area contributed by atoms with Crippen LogP contribution in [-0.4, -0.2) is 35.9 Å². The predicted octanol–water partition coefficient (Wildman–Crippen LogP) is 2.47. The summed E-state index contributed by atoms with van der Waals surface area (Å²) in [6.45, 7) is 0. The molecule has 2 heterocycles. The molecule has 0 saturated carbocycles. The third-order valence-electron chi connectivity index (χ3n) is 4.68. The molecule has 2 aromatic rings. The van der Waals surface area contributed by atoms with Crippen molar-refractivity contribution in [1.82, 2.24) is 10.3 Å². The van der Waals surface area contributed by atoms with E-state index in [-0.39, 0.29) is 34.5 Å². The van der Waals surface area contributed by atoms with Gasteiger partial charge in [-0.15, -0.1) is 0 Å². The molecule has 0 radical (unpaired) electrons. The van der Waals surface area contributed by atoms with Crippen LogP contribution in [0.25, 0.3) is 0 Å². The van der Waals surface area contributed by atoms with E-state index in [4.69, 9.17) is 4.74 Å². The number of allylic oxidation sites excluding steroid dienone is 2. The maximum absolute atomic E-state index is 12.8. The second-order valence-corrected chi connectivity index (χ2v) is 6.36. The van der Waals surface area contributed by atoms with Gasteiger partial charge in [-0.25, -0.2) is 9.88 Å². The van der Waals surface area contributed by atoms with Crippen LogP contribution in [0.15, 0.2) is 66.5 Å². The topological polar surface area (TPSA) is 88.6 Å². The van der Waals surface area contributed by atoms with Gasteiger partial charge in [0.15, 0.2) is 0 Å². The molecule has 1 aliphatic carbocycles. The third-order valence-corrected chi connectivity index (χ3v) is 4.68. The van der Waals surface area contributed by atoms with E-state index < -0.39 is 11.8 Å². The maximum Gasteiger partial charge on any atom is 0.267 e. The van der Waals surface area contributed by atoms with Gasteiger partial charge in [-0.1, -0.05) is 18.2 Å². The standard InChI is InChI=1S/C21H17N3O4/c1-28-17-7-3-2-6-16(17)23-19(25)13-9-10-14-15(12-13)21(27)24(20(14)26)18-8-4-5-11-22-18/h2-6,8-12,17H,7H2,1H3,(H,23,25). The Morgan fingerprint density at radius 1 is 1.18 bits per heavy atom. The first-order chi connectivity index (χ1) is 13.6. The summed E-state index contributed by atoms with van der Waals surface area (Å²) in [5.74, 6) is -1.07. The molecule has 4 rings (SSSR count). The van der Waals surface area contributed by atoms with Gasteiger partial charge in [0.1, 0.15) is 11.9 Å². The lowest BCUT2D eigenvalue weighted by Gasteiger charge is -2.20. The van der Waals surface area contributed by atoms with Crippen LogP contribution in [0.1, 0.15) is 37.5 Å². The zero-order valence-electron chi connectivity index (χ0n) is 15.1. The number of nitrogens with zero attached hydrogens (tertiary/aromatic N) is 2. The molecule has 7 heteroatoms. The summed E-state index contributed by atoms with van der Waals surface area (Å²) in [7, 11) is 1.58. The van der Waals surface area contributed by atoms with E-state index in [0.29, 0.717) is 12.1 Å². The van der Waals surface area contributed by atoms with Gasteiger partial charge in [0, 0.05) is 24.6 Å². The fraction of sp³-hybridized carbons (Fsp3) is 0.143. The highest BCUT2D eigenvalue weighted by atomic mass is 16.5. The zero-order valence-corrected chi connectivity index (χ0v) is 15.1. The summed E-state index contributed by atoms with van der Waals surface area (Å²) >= 11 is 0. The number of benzene rings is 1. The smallest absolute Gasteiger partial charge is 0.267 e. The van der Waals surface area contributed by atoms with Crippen molar-refractivity contribution in [1.29, 1.82) is 0 Å². The van der Waals surface area contributed by atoms with E-state index in [0.717, 1.165) is 4.90 Å². The van der Waals surface area contributed by atoms with Crippen molar-refractivity contribution < 1.29 is 19.1 Å². The van der Waals surface area contributed by atoms with Crippen molar-refractivity contribution >= 4 is 23.5 Å². The van der Waals surface area contributed by atoms with Crippen LogP contribution in [0.3, 0.4) is 0 Å². The number of ether oxygens (including phenoxy) is 1. The summed E-state index contributed by atoms with van der Waals surface area (Å²) in [5.41, 5.74) is 1.37. The molecule has 28 heavy (non-hydrogen) atoms. The molecule has 2 aliphatic rings. The van der Waals surface area contributed by atoms with Crippen molar-refractivity contribution in [2.75, 3.05) is 12.0 Å². The summed E-state index contributed by atoms with van der Waals surface area (Å²) in [5, 5.41) is 2.82. The molecule has 7 nitrogen and oxygen atoms in total. The second kappa shape index (κ2) is 7.21. The summed E-state index contributed by atoms with van der Waals surface area (Å²) < 4.78 is 5.36. The predicted molar refractivity (Wildman–Crippen MR) is 102 cm³/mol. The average molecular weight is 375 g/mol. The molecule has 3 amide bonds. The van der Waals surface area contributed by atoms with Crippen molar-refractivity contribution in [2.45, 2.75) is 12.5 Å². The molecule has 1 unspecified atom stereocenters. The lowest BCUT2D eigenvalue weighted by molar-refractivity contribution is 0.0913. The van der Waals surface area contributed by atoms with E-state index in [2.05, 4.69) is 10.3 Å². The second-order valence-electron chi connectivity index (χ2n) is 6.36. The Kier molecular flexibility index (Phi) is 4.58. The van der Waals surface area contributed by atoms with Gasteiger partial charge >= 0.3 is 0 Å². The summed E-state index contributed by atoms with van der Waals surface area (Å²) in [6.07, 6.45) is 7.53. The van der Waals surface area contributed by atoms with Crippen LogP contribution in [0.5, 0.6) is 0 Å². The SMILES string of the molecule is COC1CC=CC=C1NC(=O)c1ccc2c(c1)C(=O)N(c1ccccn1)C2=O. The van der Waals surface area contributed by atoms with Crippen LogP contribution < -0.4 is 10.2 Å². The van der Waals surface area contributed by atoms with E-state index in [1.54, 1.807) is 31.4 Å².